The molecule has 26 heavy (non-hydrogen) atoms. The van der Waals surface area contributed by atoms with E-state index in [1.165, 1.54) is 32.2 Å². The normalized spacial score (nSPS) is 24.2. The Morgan fingerprint density at radius 3 is 2.58 bits per heavy atom. The molecule has 6 nitrogen and oxygen atoms in total. The first kappa shape index (κ1) is 23.9. The number of rotatable bonds is 7. The van der Waals surface area contributed by atoms with Crippen molar-refractivity contribution in [1.29, 1.82) is 0 Å². The number of guanidine groups is 1. The van der Waals surface area contributed by atoms with E-state index in [9.17, 15) is 0 Å². The Balaban J connectivity index is 0.00000338. The first-order valence-corrected chi connectivity index (χ1v) is 10.0. The molecular formula is C19H40IN5O. The van der Waals surface area contributed by atoms with Gasteiger partial charge in [0.25, 0.3) is 0 Å². The standard InChI is InChI=1S/C19H39N5O.HI/c1-5-17-8-6-7-12-24(17)13-11-21-18(20-2)22-16-19(23(3)4)9-14-25-15-10-19;/h17H,5-16H2,1-4H3,(H2,20,21,22);1H. The van der Waals surface area contributed by atoms with Crippen molar-refractivity contribution in [2.24, 2.45) is 4.99 Å². The summed E-state index contributed by atoms with van der Waals surface area (Å²) in [5.41, 5.74) is 0.163. The number of hydrogen-bond acceptors (Lipinski definition) is 4. The second-order valence-corrected chi connectivity index (χ2v) is 7.68. The van der Waals surface area contributed by atoms with Crippen LogP contribution >= 0.6 is 24.0 Å². The second kappa shape index (κ2) is 12.4. The van der Waals surface area contributed by atoms with Gasteiger partial charge in [-0.25, -0.2) is 0 Å². The summed E-state index contributed by atoms with van der Waals surface area (Å²) in [5.74, 6) is 0.915. The molecule has 7 heteroatoms. The van der Waals surface area contributed by atoms with Crippen molar-refractivity contribution in [2.45, 2.75) is 57.0 Å². The van der Waals surface area contributed by atoms with Crippen LogP contribution in [0.15, 0.2) is 4.99 Å². The average molecular weight is 481 g/mol. The van der Waals surface area contributed by atoms with Gasteiger partial charge in [0.2, 0.25) is 0 Å². The summed E-state index contributed by atoms with van der Waals surface area (Å²) in [7, 11) is 6.20. The van der Waals surface area contributed by atoms with Crippen LogP contribution < -0.4 is 10.6 Å². The molecule has 0 spiro atoms. The van der Waals surface area contributed by atoms with Gasteiger partial charge < -0.3 is 20.3 Å². The van der Waals surface area contributed by atoms with E-state index < -0.39 is 0 Å². The highest BCUT2D eigenvalue weighted by Crippen LogP contribution is 2.25. The van der Waals surface area contributed by atoms with Gasteiger partial charge in [-0.15, -0.1) is 24.0 Å². The third kappa shape index (κ3) is 6.80. The van der Waals surface area contributed by atoms with Crippen LogP contribution in [0.1, 0.15) is 45.4 Å². The van der Waals surface area contributed by atoms with Gasteiger partial charge in [0.1, 0.15) is 0 Å². The zero-order chi connectivity index (χ0) is 18.1. The molecule has 154 valence electrons. The number of ether oxygens (including phenoxy) is 1. The lowest BCUT2D eigenvalue weighted by atomic mass is 9.88. The van der Waals surface area contributed by atoms with Crippen molar-refractivity contribution >= 4 is 29.9 Å². The number of nitrogens with one attached hydrogen (secondary N) is 2. The fraction of sp³-hybridized carbons (Fsp3) is 0.947. The fourth-order valence-corrected chi connectivity index (χ4v) is 4.14. The second-order valence-electron chi connectivity index (χ2n) is 7.68. The van der Waals surface area contributed by atoms with Crippen LogP contribution in [0.5, 0.6) is 0 Å². The Morgan fingerprint density at radius 2 is 1.96 bits per heavy atom. The molecule has 0 saturated carbocycles. The third-order valence-electron chi connectivity index (χ3n) is 6.09. The van der Waals surface area contributed by atoms with Gasteiger partial charge in [0, 0.05) is 51.5 Å². The summed E-state index contributed by atoms with van der Waals surface area (Å²) in [6, 6.07) is 0.768. The van der Waals surface area contributed by atoms with Crippen molar-refractivity contribution in [3.8, 4) is 0 Å². The predicted molar refractivity (Wildman–Crippen MR) is 121 cm³/mol. The number of likely N-dealkylation sites (tertiary alicyclic amines) is 1. The zero-order valence-corrected chi connectivity index (χ0v) is 19.6. The monoisotopic (exact) mass is 481 g/mol. The molecule has 2 saturated heterocycles. The molecule has 1 unspecified atom stereocenters. The highest BCUT2D eigenvalue weighted by Gasteiger charge is 2.34. The largest absolute Gasteiger partial charge is 0.381 e. The van der Waals surface area contributed by atoms with Gasteiger partial charge in [-0.3, -0.25) is 9.89 Å². The van der Waals surface area contributed by atoms with Crippen molar-refractivity contribution in [3.63, 3.8) is 0 Å². The molecule has 0 aromatic heterocycles. The van der Waals surface area contributed by atoms with Crippen LogP contribution in [0.25, 0.3) is 0 Å². The van der Waals surface area contributed by atoms with Crippen molar-refractivity contribution in [1.82, 2.24) is 20.4 Å². The predicted octanol–water partition coefficient (Wildman–Crippen LogP) is 2.14. The molecule has 2 fully saturated rings. The van der Waals surface area contributed by atoms with E-state index in [-0.39, 0.29) is 29.5 Å². The van der Waals surface area contributed by atoms with Gasteiger partial charge in [0.15, 0.2) is 5.96 Å². The van der Waals surface area contributed by atoms with E-state index in [1.807, 2.05) is 7.05 Å². The van der Waals surface area contributed by atoms with Crippen LogP contribution in [0.3, 0.4) is 0 Å². The lowest BCUT2D eigenvalue weighted by Crippen LogP contribution is -2.57. The molecule has 2 aliphatic heterocycles. The summed E-state index contributed by atoms with van der Waals surface area (Å²) in [6.07, 6.45) is 7.49. The summed E-state index contributed by atoms with van der Waals surface area (Å²) in [6.45, 7) is 8.21. The zero-order valence-electron chi connectivity index (χ0n) is 17.2. The number of aliphatic imine (C=N–C) groups is 1. The minimum Gasteiger partial charge on any atom is -0.381 e. The number of nitrogens with zero attached hydrogens (tertiary/aromatic N) is 3. The van der Waals surface area contributed by atoms with Crippen LogP contribution in [-0.2, 0) is 4.74 Å². The van der Waals surface area contributed by atoms with Crippen molar-refractivity contribution in [2.75, 3.05) is 60.5 Å². The van der Waals surface area contributed by atoms with Gasteiger partial charge in [-0.2, -0.15) is 0 Å². The summed E-state index contributed by atoms with van der Waals surface area (Å²) < 4.78 is 5.55. The Hall–Kier alpha value is -0.120. The van der Waals surface area contributed by atoms with E-state index in [0.29, 0.717) is 0 Å². The Morgan fingerprint density at radius 1 is 1.23 bits per heavy atom. The summed E-state index contributed by atoms with van der Waals surface area (Å²) in [5, 5.41) is 7.05. The molecule has 0 bridgehead atoms. The van der Waals surface area contributed by atoms with E-state index in [0.717, 1.165) is 57.7 Å². The SMILES string of the molecule is CCC1CCCCN1CCNC(=NC)NCC1(N(C)C)CCOCC1.I. The number of piperidine rings is 1. The van der Waals surface area contributed by atoms with Crippen LogP contribution in [0.4, 0.5) is 0 Å². The van der Waals surface area contributed by atoms with E-state index in [1.54, 1.807) is 0 Å². The smallest absolute Gasteiger partial charge is 0.191 e. The highest BCUT2D eigenvalue weighted by molar-refractivity contribution is 14.0. The highest BCUT2D eigenvalue weighted by atomic mass is 127. The van der Waals surface area contributed by atoms with Crippen LogP contribution in [-0.4, -0.2) is 87.9 Å². The third-order valence-corrected chi connectivity index (χ3v) is 6.09. The molecule has 0 radical (unpaired) electrons. The average Bonchev–Trinajstić information content (AvgIpc) is 2.65. The maximum Gasteiger partial charge on any atom is 0.191 e. The Kier molecular flexibility index (Phi) is 11.4. The van der Waals surface area contributed by atoms with E-state index >= 15 is 0 Å². The van der Waals surface area contributed by atoms with Crippen LogP contribution in [0, 0.1) is 0 Å². The molecule has 2 N–H and O–H groups in total. The fourth-order valence-electron chi connectivity index (χ4n) is 4.14. The molecule has 2 rings (SSSR count). The summed E-state index contributed by atoms with van der Waals surface area (Å²) in [4.78, 5) is 9.40. The molecular weight excluding hydrogens is 441 g/mol. The quantitative estimate of drug-likeness (QED) is 0.332. The molecule has 2 heterocycles. The molecule has 0 amide bonds. The van der Waals surface area contributed by atoms with Crippen molar-refractivity contribution in [3.05, 3.63) is 0 Å². The van der Waals surface area contributed by atoms with Gasteiger partial charge in [-0.1, -0.05) is 13.3 Å². The maximum atomic E-state index is 5.55. The molecule has 0 aliphatic carbocycles. The van der Waals surface area contributed by atoms with E-state index in [4.69, 9.17) is 4.74 Å². The minimum absolute atomic E-state index is 0. The molecule has 2 aliphatic rings. The van der Waals surface area contributed by atoms with Crippen molar-refractivity contribution < 1.29 is 4.74 Å². The van der Waals surface area contributed by atoms with Crippen LogP contribution in [0.2, 0.25) is 0 Å². The molecule has 0 aromatic carbocycles. The lowest BCUT2D eigenvalue weighted by molar-refractivity contribution is -0.00501. The Labute approximate surface area is 177 Å². The maximum absolute atomic E-state index is 5.55. The van der Waals surface area contributed by atoms with Gasteiger partial charge in [0.05, 0.1) is 0 Å². The first-order chi connectivity index (χ1) is 12.1. The number of likely N-dealkylation sites (N-methyl/N-ethyl adjacent to an activating group) is 1. The van der Waals surface area contributed by atoms with Gasteiger partial charge >= 0.3 is 0 Å². The number of hydrogen-bond donors (Lipinski definition) is 2. The van der Waals surface area contributed by atoms with Gasteiger partial charge in [-0.05, 0) is 52.7 Å². The van der Waals surface area contributed by atoms with E-state index in [2.05, 4.69) is 46.4 Å². The summed E-state index contributed by atoms with van der Waals surface area (Å²) >= 11 is 0. The minimum atomic E-state index is 0. The topological polar surface area (TPSA) is 52.1 Å². The number of halogens is 1. The first-order valence-electron chi connectivity index (χ1n) is 10.0. The Bertz CT molecular complexity index is 413. The molecule has 0 aromatic rings. The lowest BCUT2D eigenvalue weighted by Gasteiger charge is -2.43. The molecule has 1 atom stereocenters.